The first-order valence-electron chi connectivity index (χ1n) is 4.43. The van der Waals surface area contributed by atoms with Crippen LogP contribution in [-0.2, 0) is 0 Å². The minimum absolute atomic E-state index is 0.320. The fourth-order valence-corrected chi connectivity index (χ4v) is 1.34. The summed E-state index contributed by atoms with van der Waals surface area (Å²) in [7, 11) is 0. The maximum atomic E-state index is 8.47. The summed E-state index contributed by atoms with van der Waals surface area (Å²) >= 11 is 0. The molecule has 0 spiro atoms. The van der Waals surface area contributed by atoms with Crippen LogP contribution in [0.2, 0.25) is 0 Å². The third-order valence-corrected chi connectivity index (χ3v) is 2.08. The normalized spacial score (nSPS) is 11.6. The van der Waals surface area contributed by atoms with E-state index in [-0.39, 0.29) is 0 Å². The molecule has 0 bridgehead atoms. The molecule has 0 fully saturated rings. The van der Waals surface area contributed by atoms with E-state index < -0.39 is 0 Å². The van der Waals surface area contributed by atoms with E-state index in [4.69, 9.17) is 5.26 Å². The van der Waals surface area contributed by atoms with Crippen LogP contribution in [-0.4, -0.2) is 0 Å². The second-order valence-electron chi connectivity index (χ2n) is 2.95. The van der Waals surface area contributed by atoms with Crippen molar-refractivity contribution < 1.29 is 0 Å². The number of nitrogens with zero attached hydrogens (tertiary/aromatic N) is 1. The summed E-state index contributed by atoms with van der Waals surface area (Å²) < 4.78 is 0. The molecule has 1 unspecified atom stereocenters. The fourth-order valence-electron chi connectivity index (χ4n) is 1.34. The first-order chi connectivity index (χ1) is 6.38. The van der Waals surface area contributed by atoms with Gasteiger partial charge in [-0.1, -0.05) is 36.4 Å². The second-order valence-corrected chi connectivity index (χ2v) is 2.95. The Balaban J connectivity index is 2.68. The van der Waals surface area contributed by atoms with Crippen LogP contribution in [0.1, 0.15) is 24.3 Å². The average molecular weight is 171 g/mol. The van der Waals surface area contributed by atoms with Crippen molar-refractivity contribution in [3.8, 4) is 6.07 Å². The molecule has 1 aromatic carbocycles. The highest BCUT2D eigenvalue weighted by Crippen LogP contribution is 2.21. The molecule has 0 N–H and O–H groups in total. The summed E-state index contributed by atoms with van der Waals surface area (Å²) in [6.45, 7) is 3.78. The van der Waals surface area contributed by atoms with Crippen LogP contribution < -0.4 is 0 Å². The Bertz CT molecular complexity index is 295. The number of allylic oxidation sites excluding steroid dienone is 1. The Kier molecular flexibility index (Phi) is 3.78. The molecule has 1 nitrogen and oxygen atoms in total. The average Bonchev–Trinajstić information content (AvgIpc) is 2.21. The van der Waals surface area contributed by atoms with E-state index in [2.05, 4.69) is 24.8 Å². The van der Waals surface area contributed by atoms with E-state index in [0.717, 1.165) is 6.42 Å². The predicted molar refractivity (Wildman–Crippen MR) is 54.2 cm³/mol. The van der Waals surface area contributed by atoms with Crippen molar-refractivity contribution in [1.82, 2.24) is 0 Å². The molecule has 1 aromatic rings. The molecule has 0 saturated carbocycles. The lowest BCUT2D eigenvalue weighted by atomic mass is 9.95. The van der Waals surface area contributed by atoms with E-state index in [0.29, 0.717) is 12.3 Å². The third-order valence-electron chi connectivity index (χ3n) is 2.08. The molecule has 1 rings (SSSR count). The van der Waals surface area contributed by atoms with Crippen molar-refractivity contribution in [3.05, 3.63) is 48.6 Å². The first-order valence-corrected chi connectivity index (χ1v) is 4.43. The van der Waals surface area contributed by atoms with Gasteiger partial charge < -0.3 is 0 Å². The molecule has 0 aliphatic rings. The van der Waals surface area contributed by atoms with E-state index in [1.807, 2.05) is 24.3 Å². The lowest BCUT2D eigenvalue weighted by Crippen LogP contribution is -1.93. The molecule has 1 heteroatoms. The van der Waals surface area contributed by atoms with Gasteiger partial charge in [0.2, 0.25) is 0 Å². The number of rotatable bonds is 4. The molecule has 0 aliphatic heterocycles. The van der Waals surface area contributed by atoms with Gasteiger partial charge in [0.05, 0.1) is 6.07 Å². The lowest BCUT2D eigenvalue weighted by molar-refractivity contribution is 0.758. The summed E-state index contributed by atoms with van der Waals surface area (Å²) in [5.41, 5.74) is 1.24. The van der Waals surface area contributed by atoms with Crippen molar-refractivity contribution in [1.29, 1.82) is 5.26 Å². The number of benzene rings is 1. The minimum Gasteiger partial charge on any atom is -0.198 e. The van der Waals surface area contributed by atoms with Crippen LogP contribution in [0.3, 0.4) is 0 Å². The molecule has 0 aliphatic carbocycles. The fraction of sp³-hybridized carbons (Fsp3) is 0.250. The highest BCUT2D eigenvalue weighted by atomic mass is 14.2. The predicted octanol–water partition coefficient (Wildman–Crippen LogP) is 3.26. The van der Waals surface area contributed by atoms with E-state index in [1.165, 1.54) is 5.56 Å². The molecular formula is C12H13N. The molecule has 13 heavy (non-hydrogen) atoms. The Hall–Kier alpha value is -1.55. The van der Waals surface area contributed by atoms with Gasteiger partial charge in [0.25, 0.3) is 0 Å². The summed E-state index contributed by atoms with van der Waals surface area (Å²) in [6.07, 6.45) is 3.36. The molecule has 0 saturated heterocycles. The Morgan fingerprint density at radius 1 is 1.38 bits per heavy atom. The van der Waals surface area contributed by atoms with Crippen molar-refractivity contribution in [3.63, 3.8) is 0 Å². The molecule has 0 radical (unpaired) electrons. The van der Waals surface area contributed by atoms with Crippen LogP contribution in [0, 0.1) is 11.3 Å². The van der Waals surface area contributed by atoms with Gasteiger partial charge in [-0.15, -0.1) is 6.58 Å². The summed E-state index contributed by atoms with van der Waals surface area (Å²) in [5.74, 6) is 0.320. The van der Waals surface area contributed by atoms with E-state index >= 15 is 0 Å². The van der Waals surface area contributed by atoms with Crippen LogP contribution in [0.15, 0.2) is 43.0 Å². The quantitative estimate of drug-likeness (QED) is 0.638. The van der Waals surface area contributed by atoms with E-state index in [1.54, 1.807) is 0 Å². The van der Waals surface area contributed by atoms with Crippen molar-refractivity contribution in [2.45, 2.75) is 18.8 Å². The van der Waals surface area contributed by atoms with Crippen LogP contribution >= 0.6 is 0 Å². The highest BCUT2D eigenvalue weighted by Gasteiger charge is 2.05. The van der Waals surface area contributed by atoms with Gasteiger partial charge in [-0.2, -0.15) is 5.26 Å². The zero-order chi connectivity index (χ0) is 9.52. The van der Waals surface area contributed by atoms with Gasteiger partial charge in [0, 0.05) is 12.3 Å². The topological polar surface area (TPSA) is 23.8 Å². The maximum Gasteiger partial charge on any atom is 0.0622 e. The van der Waals surface area contributed by atoms with Crippen LogP contribution in [0.4, 0.5) is 0 Å². The molecule has 0 aromatic heterocycles. The van der Waals surface area contributed by atoms with Crippen molar-refractivity contribution in [2.24, 2.45) is 0 Å². The number of hydrogen-bond donors (Lipinski definition) is 0. The number of nitriles is 1. The van der Waals surface area contributed by atoms with Gasteiger partial charge in [-0.25, -0.2) is 0 Å². The SMILES string of the molecule is C=CC(CCC#N)c1ccccc1. The smallest absolute Gasteiger partial charge is 0.0622 e. The summed E-state index contributed by atoms with van der Waals surface area (Å²) in [5, 5.41) is 8.47. The Morgan fingerprint density at radius 3 is 2.62 bits per heavy atom. The molecular weight excluding hydrogens is 158 g/mol. The van der Waals surface area contributed by atoms with Gasteiger partial charge in [-0.05, 0) is 12.0 Å². The standard InChI is InChI=1S/C12H13N/c1-2-11(9-6-10-13)12-7-4-3-5-8-12/h2-5,7-8,11H,1,6,9H2. The summed E-state index contributed by atoms with van der Waals surface area (Å²) in [4.78, 5) is 0. The molecule has 0 amide bonds. The van der Waals surface area contributed by atoms with Gasteiger partial charge in [-0.3, -0.25) is 0 Å². The minimum atomic E-state index is 0.320. The monoisotopic (exact) mass is 171 g/mol. The zero-order valence-corrected chi connectivity index (χ0v) is 7.61. The van der Waals surface area contributed by atoms with Crippen LogP contribution in [0.25, 0.3) is 0 Å². The molecule has 0 heterocycles. The van der Waals surface area contributed by atoms with Crippen molar-refractivity contribution in [2.75, 3.05) is 0 Å². The molecule has 66 valence electrons. The number of hydrogen-bond acceptors (Lipinski definition) is 1. The summed E-state index contributed by atoms with van der Waals surface area (Å²) in [6, 6.07) is 12.3. The Morgan fingerprint density at radius 2 is 2.08 bits per heavy atom. The second kappa shape index (κ2) is 5.16. The highest BCUT2D eigenvalue weighted by molar-refractivity contribution is 5.23. The van der Waals surface area contributed by atoms with E-state index in [9.17, 15) is 0 Å². The van der Waals surface area contributed by atoms with Gasteiger partial charge in [0.15, 0.2) is 0 Å². The Labute approximate surface area is 79.3 Å². The first kappa shape index (κ1) is 9.54. The van der Waals surface area contributed by atoms with Crippen molar-refractivity contribution >= 4 is 0 Å². The van der Waals surface area contributed by atoms with Gasteiger partial charge >= 0.3 is 0 Å². The molecule has 1 atom stereocenters. The lowest BCUT2D eigenvalue weighted by Gasteiger charge is -2.09. The maximum absolute atomic E-state index is 8.47. The van der Waals surface area contributed by atoms with Crippen LogP contribution in [0.5, 0.6) is 0 Å². The largest absolute Gasteiger partial charge is 0.198 e. The zero-order valence-electron chi connectivity index (χ0n) is 7.61. The third kappa shape index (κ3) is 2.76. The van der Waals surface area contributed by atoms with Gasteiger partial charge in [0.1, 0.15) is 0 Å².